The van der Waals surface area contributed by atoms with E-state index in [0.717, 1.165) is 25.4 Å². The van der Waals surface area contributed by atoms with E-state index in [1.54, 1.807) is 7.11 Å². The number of nitrogens with one attached hydrogen (secondary N) is 1. The third kappa shape index (κ3) is 3.28. The molecule has 1 saturated carbocycles. The highest BCUT2D eigenvalue weighted by molar-refractivity contribution is 4.87. The lowest BCUT2D eigenvalue weighted by Crippen LogP contribution is -2.17. The van der Waals surface area contributed by atoms with Gasteiger partial charge in [0.05, 0.1) is 12.6 Å². The molecule has 0 bridgehead atoms. The van der Waals surface area contributed by atoms with Crippen LogP contribution >= 0.6 is 0 Å². The van der Waals surface area contributed by atoms with Crippen LogP contribution in [0, 0.1) is 0 Å². The van der Waals surface area contributed by atoms with Crippen LogP contribution in [0.3, 0.4) is 0 Å². The Morgan fingerprint density at radius 3 is 3.12 bits per heavy atom. The first-order valence-corrected chi connectivity index (χ1v) is 5.92. The highest BCUT2D eigenvalue weighted by Gasteiger charge is 2.20. The number of hydrogen-bond acceptors (Lipinski definition) is 4. The fourth-order valence-electron chi connectivity index (χ4n) is 1.55. The smallest absolute Gasteiger partial charge is 0.164 e. The van der Waals surface area contributed by atoms with Gasteiger partial charge in [-0.3, -0.25) is 0 Å². The van der Waals surface area contributed by atoms with Gasteiger partial charge >= 0.3 is 0 Å². The molecule has 5 nitrogen and oxygen atoms in total. The SMILES string of the molecule is COCCC(C)n1cnc(CNC2CC2)n1. The van der Waals surface area contributed by atoms with Crippen LogP contribution in [-0.4, -0.2) is 34.5 Å². The molecule has 0 aliphatic heterocycles. The summed E-state index contributed by atoms with van der Waals surface area (Å²) in [6.45, 7) is 3.68. The number of nitrogens with zero attached hydrogens (tertiary/aromatic N) is 3. The predicted molar refractivity (Wildman–Crippen MR) is 61.1 cm³/mol. The zero-order valence-corrected chi connectivity index (χ0v) is 10.0. The van der Waals surface area contributed by atoms with Gasteiger partial charge in [-0.05, 0) is 26.2 Å². The van der Waals surface area contributed by atoms with Crippen molar-refractivity contribution in [2.75, 3.05) is 13.7 Å². The Kier molecular flexibility index (Phi) is 3.90. The fraction of sp³-hybridized carbons (Fsp3) is 0.818. The van der Waals surface area contributed by atoms with Gasteiger partial charge in [0, 0.05) is 19.8 Å². The molecule has 1 aromatic heterocycles. The summed E-state index contributed by atoms with van der Waals surface area (Å²) in [6.07, 6.45) is 5.37. The summed E-state index contributed by atoms with van der Waals surface area (Å²) in [5.41, 5.74) is 0. The molecule has 1 N–H and O–H groups in total. The van der Waals surface area contributed by atoms with E-state index in [1.165, 1.54) is 12.8 Å². The quantitative estimate of drug-likeness (QED) is 0.754. The van der Waals surface area contributed by atoms with Crippen molar-refractivity contribution in [1.29, 1.82) is 0 Å². The first-order valence-electron chi connectivity index (χ1n) is 5.92. The second-order valence-electron chi connectivity index (χ2n) is 4.43. The van der Waals surface area contributed by atoms with E-state index >= 15 is 0 Å². The molecule has 0 amide bonds. The first-order chi connectivity index (χ1) is 7.79. The molecule has 0 aromatic carbocycles. The zero-order valence-electron chi connectivity index (χ0n) is 10.0. The highest BCUT2D eigenvalue weighted by atomic mass is 16.5. The molecule has 1 heterocycles. The molecule has 1 fully saturated rings. The molecule has 2 rings (SSSR count). The summed E-state index contributed by atoms with van der Waals surface area (Å²) in [6, 6.07) is 1.06. The molecule has 1 aromatic rings. The van der Waals surface area contributed by atoms with Crippen LogP contribution in [0.5, 0.6) is 0 Å². The van der Waals surface area contributed by atoms with E-state index in [0.29, 0.717) is 12.1 Å². The maximum atomic E-state index is 5.05. The van der Waals surface area contributed by atoms with Crippen LogP contribution in [0.15, 0.2) is 6.33 Å². The molecule has 16 heavy (non-hydrogen) atoms. The number of rotatable bonds is 7. The standard InChI is InChI=1S/C11H20N4O/c1-9(5-6-16-2)15-8-13-11(14-15)7-12-10-3-4-10/h8-10,12H,3-7H2,1-2H3. The largest absolute Gasteiger partial charge is 0.385 e. The molecular formula is C11H20N4O. The van der Waals surface area contributed by atoms with Gasteiger partial charge in [-0.2, -0.15) is 5.10 Å². The summed E-state index contributed by atoms with van der Waals surface area (Å²) in [5.74, 6) is 0.885. The Morgan fingerprint density at radius 2 is 2.44 bits per heavy atom. The van der Waals surface area contributed by atoms with Crippen molar-refractivity contribution in [1.82, 2.24) is 20.1 Å². The lowest BCUT2D eigenvalue weighted by Gasteiger charge is -2.09. The minimum Gasteiger partial charge on any atom is -0.385 e. The van der Waals surface area contributed by atoms with Crippen molar-refractivity contribution in [3.63, 3.8) is 0 Å². The van der Waals surface area contributed by atoms with Crippen LogP contribution in [0.2, 0.25) is 0 Å². The van der Waals surface area contributed by atoms with Gasteiger partial charge in [-0.1, -0.05) is 0 Å². The van der Waals surface area contributed by atoms with Gasteiger partial charge in [0.2, 0.25) is 0 Å². The Morgan fingerprint density at radius 1 is 1.62 bits per heavy atom. The molecule has 1 aliphatic rings. The second kappa shape index (κ2) is 5.41. The lowest BCUT2D eigenvalue weighted by atomic mass is 10.2. The topological polar surface area (TPSA) is 52.0 Å². The van der Waals surface area contributed by atoms with Crippen molar-refractivity contribution < 1.29 is 4.74 Å². The molecule has 1 atom stereocenters. The van der Waals surface area contributed by atoms with E-state index in [9.17, 15) is 0 Å². The molecule has 1 unspecified atom stereocenters. The zero-order chi connectivity index (χ0) is 11.4. The van der Waals surface area contributed by atoms with E-state index in [-0.39, 0.29) is 0 Å². The van der Waals surface area contributed by atoms with Crippen molar-refractivity contribution in [2.24, 2.45) is 0 Å². The van der Waals surface area contributed by atoms with Crippen LogP contribution < -0.4 is 5.32 Å². The summed E-state index contributed by atoms with van der Waals surface area (Å²) in [5, 5.41) is 7.86. The van der Waals surface area contributed by atoms with Gasteiger partial charge in [-0.25, -0.2) is 9.67 Å². The maximum Gasteiger partial charge on any atom is 0.164 e. The van der Waals surface area contributed by atoms with E-state index < -0.39 is 0 Å². The Balaban J connectivity index is 1.80. The minimum atomic E-state index is 0.349. The van der Waals surface area contributed by atoms with Gasteiger partial charge in [-0.15, -0.1) is 0 Å². The predicted octanol–water partition coefficient (Wildman–Crippen LogP) is 1.13. The number of hydrogen-bond donors (Lipinski definition) is 1. The molecule has 5 heteroatoms. The van der Waals surface area contributed by atoms with E-state index in [2.05, 4.69) is 22.3 Å². The Labute approximate surface area is 96.2 Å². The number of ether oxygens (including phenoxy) is 1. The van der Waals surface area contributed by atoms with E-state index in [1.807, 2.05) is 11.0 Å². The van der Waals surface area contributed by atoms with Crippen LogP contribution in [0.1, 0.15) is 38.1 Å². The summed E-state index contributed by atoms with van der Waals surface area (Å²) in [7, 11) is 1.72. The van der Waals surface area contributed by atoms with Crippen LogP contribution in [0.25, 0.3) is 0 Å². The average Bonchev–Trinajstić information content (AvgIpc) is 3.00. The monoisotopic (exact) mass is 224 g/mol. The molecule has 0 saturated heterocycles. The number of methoxy groups -OCH3 is 1. The lowest BCUT2D eigenvalue weighted by molar-refractivity contribution is 0.178. The van der Waals surface area contributed by atoms with Crippen LogP contribution in [-0.2, 0) is 11.3 Å². The van der Waals surface area contributed by atoms with Gasteiger partial charge < -0.3 is 10.1 Å². The Hall–Kier alpha value is -0.940. The Bertz CT molecular complexity index is 322. The minimum absolute atomic E-state index is 0.349. The molecule has 90 valence electrons. The molecule has 1 aliphatic carbocycles. The van der Waals surface area contributed by atoms with Gasteiger partial charge in [0.1, 0.15) is 6.33 Å². The average molecular weight is 224 g/mol. The third-order valence-corrected chi connectivity index (χ3v) is 2.87. The van der Waals surface area contributed by atoms with Crippen LogP contribution in [0.4, 0.5) is 0 Å². The van der Waals surface area contributed by atoms with Crippen molar-refractivity contribution in [2.45, 2.75) is 44.8 Å². The number of aromatic nitrogens is 3. The highest BCUT2D eigenvalue weighted by Crippen LogP contribution is 2.18. The maximum absolute atomic E-state index is 5.05. The van der Waals surface area contributed by atoms with E-state index in [4.69, 9.17) is 4.74 Å². The normalized spacial score (nSPS) is 17.6. The molecular weight excluding hydrogens is 204 g/mol. The summed E-state index contributed by atoms with van der Waals surface area (Å²) >= 11 is 0. The third-order valence-electron chi connectivity index (χ3n) is 2.87. The fourth-order valence-corrected chi connectivity index (χ4v) is 1.55. The van der Waals surface area contributed by atoms with Crippen molar-refractivity contribution >= 4 is 0 Å². The van der Waals surface area contributed by atoms with Crippen molar-refractivity contribution in [3.05, 3.63) is 12.2 Å². The van der Waals surface area contributed by atoms with Crippen molar-refractivity contribution in [3.8, 4) is 0 Å². The summed E-state index contributed by atoms with van der Waals surface area (Å²) in [4.78, 5) is 4.29. The second-order valence-corrected chi connectivity index (χ2v) is 4.43. The molecule has 0 radical (unpaired) electrons. The summed E-state index contributed by atoms with van der Waals surface area (Å²) < 4.78 is 6.97. The van der Waals surface area contributed by atoms with Gasteiger partial charge in [0.25, 0.3) is 0 Å². The molecule has 0 spiro atoms. The first kappa shape index (κ1) is 11.5. The van der Waals surface area contributed by atoms with Gasteiger partial charge in [0.15, 0.2) is 5.82 Å².